The molecule has 0 fully saturated rings. The minimum atomic E-state index is -0.0528. The second-order valence-electron chi connectivity index (χ2n) is 4.94. The van der Waals surface area contributed by atoms with Crippen LogP contribution in [0.3, 0.4) is 0 Å². The molecule has 4 heteroatoms. The van der Waals surface area contributed by atoms with E-state index in [1.165, 1.54) is 12.5 Å². The quantitative estimate of drug-likeness (QED) is 0.850. The number of furan rings is 1. The van der Waals surface area contributed by atoms with Gasteiger partial charge in [0.1, 0.15) is 5.76 Å². The fraction of sp³-hybridized carbons (Fsp3) is 0.312. The van der Waals surface area contributed by atoms with Gasteiger partial charge in [-0.15, -0.1) is 0 Å². The first-order chi connectivity index (χ1) is 9.63. The van der Waals surface area contributed by atoms with Gasteiger partial charge >= 0.3 is 0 Å². The Balaban J connectivity index is 1.80. The van der Waals surface area contributed by atoms with Gasteiger partial charge in [0.05, 0.1) is 6.26 Å². The molecule has 0 saturated heterocycles. The Bertz CT molecular complexity index is 532. The molecule has 1 heterocycles. The zero-order valence-corrected chi connectivity index (χ0v) is 11.8. The van der Waals surface area contributed by atoms with Crippen molar-refractivity contribution in [3.63, 3.8) is 0 Å². The summed E-state index contributed by atoms with van der Waals surface area (Å²) in [5.74, 6) is 0.939. The average Bonchev–Trinajstić information content (AvgIpc) is 2.90. The monoisotopic (exact) mass is 272 g/mol. The van der Waals surface area contributed by atoms with Gasteiger partial charge in [-0.05, 0) is 36.8 Å². The summed E-state index contributed by atoms with van der Waals surface area (Å²) in [5, 5.41) is 6.20. The van der Waals surface area contributed by atoms with E-state index in [1.807, 2.05) is 36.4 Å². The van der Waals surface area contributed by atoms with E-state index in [4.69, 9.17) is 4.42 Å². The summed E-state index contributed by atoms with van der Waals surface area (Å²) >= 11 is 0. The number of amides is 1. The number of hydrogen-bond donors (Lipinski definition) is 2. The summed E-state index contributed by atoms with van der Waals surface area (Å²) in [6, 6.07) is 12.1. The molecule has 2 rings (SSSR count). The van der Waals surface area contributed by atoms with Crippen LogP contribution in [0.1, 0.15) is 25.2 Å². The average molecular weight is 272 g/mol. The van der Waals surface area contributed by atoms with E-state index >= 15 is 0 Å². The van der Waals surface area contributed by atoms with Crippen molar-refractivity contribution in [1.29, 1.82) is 0 Å². The number of benzene rings is 1. The van der Waals surface area contributed by atoms with Crippen LogP contribution in [0.4, 0.5) is 5.69 Å². The summed E-state index contributed by atoms with van der Waals surface area (Å²) in [6.07, 6.45) is 2.57. The van der Waals surface area contributed by atoms with E-state index in [2.05, 4.69) is 17.6 Å². The molecule has 0 aliphatic heterocycles. The van der Waals surface area contributed by atoms with Crippen LogP contribution in [0.15, 0.2) is 47.1 Å². The summed E-state index contributed by atoms with van der Waals surface area (Å²) in [4.78, 5) is 10.9. The minimum absolute atomic E-state index is 0.0528. The molecule has 4 nitrogen and oxygen atoms in total. The Morgan fingerprint density at radius 3 is 2.60 bits per heavy atom. The highest BCUT2D eigenvalue weighted by Crippen LogP contribution is 2.10. The summed E-state index contributed by atoms with van der Waals surface area (Å²) in [6.45, 7) is 4.43. The molecule has 1 atom stereocenters. The van der Waals surface area contributed by atoms with Crippen molar-refractivity contribution in [3.05, 3.63) is 54.0 Å². The third-order valence-electron chi connectivity index (χ3n) is 3.02. The molecule has 0 aliphatic rings. The van der Waals surface area contributed by atoms with Crippen LogP contribution in [0.25, 0.3) is 0 Å². The topological polar surface area (TPSA) is 54.3 Å². The Morgan fingerprint density at radius 1 is 1.25 bits per heavy atom. The Hall–Kier alpha value is -2.07. The first-order valence-electron chi connectivity index (χ1n) is 6.76. The van der Waals surface area contributed by atoms with Crippen molar-refractivity contribution in [2.45, 2.75) is 32.9 Å². The van der Waals surface area contributed by atoms with Gasteiger partial charge < -0.3 is 15.1 Å². The Labute approximate surface area is 119 Å². The lowest BCUT2D eigenvalue weighted by Gasteiger charge is -2.12. The molecule has 20 heavy (non-hydrogen) atoms. The van der Waals surface area contributed by atoms with E-state index in [0.29, 0.717) is 6.04 Å². The van der Waals surface area contributed by atoms with Crippen molar-refractivity contribution in [1.82, 2.24) is 5.32 Å². The number of anilines is 1. The van der Waals surface area contributed by atoms with Crippen LogP contribution in [-0.2, 0) is 17.8 Å². The van der Waals surface area contributed by atoms with Crippen LogP contribution in [0.5, 0.6) is 0 Å². The fourth-order valence-corrected chi connectivity index (χ4v) is 2.00. The summed E-state index contributed by atoms with van der Waals surface area (Å²) in [5.41, 5.74) is 2.01. The van der Waals surface area contributed by atoms with Crippen LogP contribution in [0, 0.1) is 0 Å². The maximum absolute atomic E-state index is 10.9. The first kappa shape index (κ1) is 14.3. The van der Waals surface area contributed by atoms with Gasteiger partial charge in [-0.3, -0.25) is 4.79 Å². The molecule has 0 spiro atoms. The van der Waals surface area contributed by atoms with Gasteiger partial charge in [0.15, 0.2) is 0 Å². The SMILES string of the molecule is CC(=O)Nc1ccc(CNC(C)Cc2ccco2)cc1. The van der Waals surface area contributed by atoms with E-state index in [1.54, 1.807) is 6.26 Å². The number of nitrogens with one attached hydrogen (secondary N) is 2. The lowest BCUT2D eigenvalue weighted by Crippen LogP contribution is -2.27. The smallest absolute Gasteiger partial charge is 0.221 e. The van der Waals surface area contributed by atoms with E-state index < -0.39 is 0 Å². The Morgan fingerprint density at radius 2 is 2.00 bits per heavy atom. The van der Waals surface area contributed by atoms with Gasteiger partial charge in [-0.1, -0.05) is 12.1 Å². The third-order valence-corrected chi connectivity index (χ3v) is 3.02. The zero-order valence-electron chi connectivity index (χ0n) is 11.8. The number of carbonyl (C=O) groups excluding carboxylic acids is 1. The second-order valence-corrected chi connectivity index (χ2v) is 4.94. The molecular weight excluding hydrogens is 252 g/mol. The maximum atomic E-state index is 10.9. The molecule has 2 aromatic rings. The second kappa shape index (κ2) is 6.91. The van der Waals surface area contributed by atoms with Gasteiger partial charge in [-0.25, -0.2) is 0 Å². The molecule has 2 N–H and O–H groups in total. The highest BCUT2D eigenvalue weighted by atomic mass is 16.3. The van der Waals surface area contributed by atoms with Gasteiger partial charge in [0, 0.05) is 31.6 Å². The predicted molar refractivity (Wildman–Crippen MR) is 79.5 cm³/mol. The van der Waals surface area contributed by atoms with Crippen molar-refractivity contribution in [2.75, 3.05) is 5.32 Å². The molecule has 1 amide bonds. The molecule has 0 radical (unpaired) electrons. The van der Waals surface area contributed by atoms with E-state index in [0.717, 1.165) is 24.4 Å². The molecule has 1 aromatic carbocycles. The fourth-order valence-electron chi connectivity index (χ4n) is 2.00. The van der Waals surface area contributed by atoms with Crippen molar-refractivity contribution in [2.24, 2.45) is 0 Å². The summed E-state index contributed by atoms with van der Waals surface area (Å²) in [7, 11) is 0. The minimum Gasteiger partial charge on any atom is -0.469 e. The number of rotatable bonds is 6. The third kappa shape index (κ3) is 4.55. The van der Waals surface area contributed by atoms with Crippen LogP contribution in [0.2, 0.25) is 0 Å². The normalized spacial score (nSPS) is 12.1. The van der Waals surface area contributed by atoms with Crippen LogP contribution < -0.4 is 10.6 Å². The molecule has 0 saturated carbocycles. The largest absolute Gasteiger partial charge is 0.469 e. The maximum Gasteiger partial charge on any atom is 0.221 e. The van der Waals surface area contributed by atoms with Crippen molar-refractivity contribution in [3.8, 4) is 0 Å². The van der Waals surface area contributed by atoms with Gasteiger partial charge in [-0.2, -0.15) is 0 Å². The Kier molecular flexibility index (Phi) is 4.96. The lowest BCUT2D eigenvalue weighted by atomic mass is 10.1. The van der Waals surface area contributed by atoms with Crippen molar-refractivity contribution >= 4 is 11.6 Å². The molecule has 1 aromatic heterocycles. The van der Waals surface area contributed by atoms with Crippen LogP contribution >= 0.6 is 0 Å². The van der Waals surface area contributed by atoms with E-state index in [-0.39, 0.29) is 5.91 Å². The number of hydrogen-bond acceptors (Lipinski definition) is 3. The first-order valence-corrected chi connectivity index (χ1v) is 6.76. The van der Waals surface area contributed by atoms with Crippen LogP contribution in [-0.4, -0.2) is 11.9 Å². The van der Waals surface area contributed by atoms with E-state index in [9.17, 15) is 4.79 Å². The summed E-state index contributed by atoms with van der Waals surface area (Å²) < 4.78 is 5.33. The molecule has 1 unspecified atom stereocenters. The van der Waals surface area contributed by atoms with Crippen molar-refractivity contribution < 1.29 is 9.21 Å². The van der Waals surface area contributed by atoms with Gasteiger partial charge in [0.2, 0.25) is 5.91 Å². The predicted octanol–water partition coefficient (Wildman–Crippen LogP) is 2.96. The standard InChI is InChI=1S/C16H20N2O2/c1-12(10-16-4-3-9-20-16)17-11-14-5-7-15(8-6-14)18-13(2)19/h3-9,12,17H,10-11H2,1-2H3,(H,18,19). The molecule has 106 valence electrons. The number of carbonyl (C=O) groups is 1. The lowest BCUT2D eigenvalue weighted by molar-refractivity contribution is -0.114. The van der Waals surface area contributed by atoms with Gasteiger partial charge in [0.25, 0.3) is 0 Å². The molecule has 0 aliphatic carbocycles. The molecular formula is C16H20N2O2. The zero-order chi connectivity index (χ0) is 14.4. The highest BCUT2D eigenvalue weighted by Gasteiger charge is 2.05. The molecule has 0 bridgehead atoms. The highest BCUT2D eigenvalue weighted by molar-refractivity contribution is 5.88.